The van der Waals surface area contributed by atoms with Crippen molar-refractivity contribution in [1.82, 2.24) is 25.2 Å². The van der Waals surface area contributed by atoms with E-state index in [1.807, 2.05) is 6.92 Å². The zero-order valence-electron chi connectivity index (χ0n) is 17.8. The maximum atomic E-state index is 14.9. The van der Waals surface area contributed by atoms with E-state index in [1.54, 1.807) is 24.3 Å². The van der Waals surface area contributed by atoms with Gasteiger partial charge in [-0.3, -0.25) is 14.4 Å². The molecule has 0 bridgehead atoms. The largest absolute Gasteiger partial charge is 0.441 e. The van der Waals surface area contributed by atoms with Gasteiger partial charge in [-0.15, -0.1) is 10.2 Å². The highest BCUT2D eigenvalue weighted by molar-refractivity contribution is 7.57. The van der Waals surface area contributed by atoms with E-state index in [0.29, 0.717) is 34.9 Å². The number of pyridine rings is 1. The van der Waals surface area contributed by atoms with Crippen LogP contribution in [0.2, 0.25) is 0 Å². The number of halogens is 1. The van der Waals surface area contributed by atoms with Gasteiger partial charge < -0.3 is 9.26 Å². The van der Waals surface area contributed by atoms with E-state index in [1.165, 1.54) is 35.3 Å². The fourth-order valence-corrected chi connectivity index (χ4v) is 3.68. The summed E-state index contributed by atoms with van der Waals surface area (Å²) in [6, 6.07) is 7.90. The van der Waals surface area contributed by atoms with Crippen LogP contribution in [0, 0.1) is 5.82 Å². The number of anilines is 1. The number of hydrogen-bond donors (Lipinski definition) is 0. The molecule has 0 aliphatic carbocycles. The maximum absolute atomic E-state index is 14.9. The monoisotopic (exact) mass is 460 g/mol. The Morgan fingerprint density at radius 2 is 2.09 bits per heavy atom. The van der Waals surface area contributed by atoms with Crippen LogP contribution in [0.1, 0.15) is 6.92 Å². The quantitative estimate of drug-likeness (QED) is 0.493. The zero-order valence-corrected chi connectivity index (χ0v) is 18.7. The Morgan fingerprint density at radius 3 is 2.72 bits per heavy atom. The molecule has 3 aromatic rings. The molecule has 0 radical (unpaired) electrons. The van der Waals surface area contributed by atoms with Crippen molar-refractivity contribution in [3.05, 3.63) is 42.3 Å². The van der Waals surface area contributed by atoms with Gasteiger partial charge in [0.05, 0.1) is 25.4 Å². The van der Waals surface area contributed by atoms with Crippen LogP contribution in [0.15, 0.2) is 36.5 Å². The Balaban J connectivity index is 1.48. The normalized spacial score (nSPS) is 16.4. The number of cyclic esters (lactones) is 1. The number of benzene rings is 1. The molecular formula is C20H22FN6O4P. The minimum Gasteiger partial charge on any atom is -0.441 e. The highest BCUT2D eigenvalue weighted by atomic mass is 31.2. The molecule has 1 fully saturated rings. The van der Waals surface area contributed by atoms with Crippen molar-refractivity contribution < 1.29 is 23.0 Å². The van der Waals surface area contributed by atoms with Gasteiger partial charge in [-0.25, -0.2) is 9.18 Å². The van der Waals surface area contributed by atoms with Crippen molar-refractivity contribution in [2.75, 3.05) is 31.4 Å². The lowest BCUT2D eigenvalue weighted by molar-refractivity contribution is 0.106. The molecule has 1 amide bonds. The fraction of sp³-hybridized carbons (Fsp3) is 0.350. The van der Waals surface area contributed by atoms with Gasteiger partial charge in [0.15, 0.2) is 7.37 Å². The predicted molar refractivity (Wildman–Crippen MR) is 115 cm³/mol. The number of tetrazole rings is 1. The standard InChI is InChI=1S/C20H22FN6O4P/c1-4-27-24-19(23-25-27)18-8-5-13(10-22-18)16-7-6-14(9-17(16)21)26-11-15(31-20(26)28)12-30-32(2,3)29/h5-10,15H,4,11-12H2,1-3H3. The van der Waals surface area contributed by atoms with Crippen molar-refractivity contribution in [3.63, 3.8) is 0 Å². The van der Waals surface area contributed by atoms with Gasteiger partial charge >= 0.3 is 6.09 Å². The molecule has 1 unspecified atom stereocenters. The third-order valence-electron chi connectivity index (χ3n) is 4.75. The van der Waals surface area contributed by atoms with E-state index in [-0.39, 0.29) is 13.2 Å². The second-order valence-electron chi connectivity index (χ2n) is 7.56. The number of carbonyl (C=O) groups is 1. The molecule has 1 atom stereocenters. The first-order valence-corrected chi connectivity index (χ1v) is 12.5. The molecule has 168 valence electrons. The second kappa shape index (κ2) is 8.76. The van der Waals surface area contributed by atoms with E-state index in [4.69, 9.17) is 9.26 Å². The van der Waals surface area contributed by atoms with E-state index in [2.05, 4.69) is 20.4 Å². The highest BCUT2D eigenvalue weighted by Gasteiger charge is 2.33. The lowest BCUT2D eigenvalue weighted by Crippen LogP contribution is -2.25. The number of aryl methyl sites for hydroxylation is 1. The van der Waals surface area contributed by atoms with Gasteiger partial charge in [-0.1, -0.05) is 6.07 Å². The van der Waals surface area contributed by atoms with Crippen LogP contribution < -0.4 is 4.90 Å². The minimum absolute atomic E-state index is 0.0198. The van der Waals surface area contributed by atoms with Crippen LogP contribution in [0.5, 0.6) is 0 Å². The van der Waals surface area contributed by atoms with Gasteiger partial charge in [0, 0.05) is 30.7 Å². The third kappa shape index (κ3) is 4.84. The summed E-state index contributed by atoms with van der Waals surface area (Å²) in [5.74, 6) is -0.117. The Labute approximate surface area is 183 Å². The number of nitrogens with zero attached hydrogens (tertiary/aromatic N) is 6. The number of hydrogen-bond acceptors (Lipinski definition) is 8. The first-order valence-electron chi connectivity index (χ1n) is 9.95. The molecule has 4 rings (SSSR count). The molecular weight excluding hydrogens is 438 g/mol. The van der Waals surface area contributed by atoms with Crippen LogP contribution >= 0.6 is 7.37 Å². The van der Waals surface area contributed by atoms with Crippen molar-refractivity contribution in [2.24, 2.45) is 0 Å². The van der Waals surface area contributed by atoms with Crippen LogP contribution in [0.4, 0.5) is 14.9 Å². The topological polar surface area (TPSA) is 112 Å². The average Bonchev–Trinajstić information content (AvgIpc) is 3.38. The summed E-state index contributed by atoms with van der Waals surface area (Å²) in [6.45, 7) is 5.67. The summed E-state index contributed by atoms with van der Waals surface area (Å²) < 4.78 is 37.1. The van der Waals surface area contributed by atoms with E-state index >= 15 is 0 Å². The molecule has 0 N–H and O–H groups in total. The third-order valence-corrected chi connectivity index (χ3v) is 5.52. The Kier molecular flexibility index (Phi) is 6.03. The molecule has 32 heavy (non-hydrogen) atoms. The average molecular weight is 460 g/mol. The lowest BCUT2D eigenvalue weighted by atomic mass is 10.1. The second-order valence-corrected chi connectivity index (χ2v) is 10.3. The van der Waals surface area contributed by atoms with Gasteiger partial charge in [0.1, 0.15) is 17.6 Å². The number of amides is 1. The maximum Gasteiger partial charge on any atom is 0.414 e. The summed E-state index contributed by atoms with van der Waals surface area (Å²) in [4.78, 5) is 19.3. The molecule has 1 saturated heterocycles. The van der Waals surface area contributed by atoms with E-state index in [9.17, 15) is 13.8 Å². The summed E-state index contributed by atoms with van der Waals surface area (Å²) >= 11 is 0. The molecule has 10 nitrogen and oxygen atoms in total. The molecule has 1 aliphatic rings. The van der Waals surface area contributed by atoms with Gasteiger partial charge in [-0.05, 0) is 36.4 Å². The highest BCUT2D eigenvalue weighted by Crippen LogP contribution is 2.38. The summed E-state index contributed by atoms with van der Waals surface area (Å²) in [7, 11) is -2.69. The molecule has 3 heterocycles. The van der Waals surface area contributed by atoms with Crippen LogP contribution in [0.3, 0.4) is 0 Å². The van der Waals surface area contributed by atoms with Gasteiger partial charge in [0.25, 0.3) is 0 Å². The van der Waals surface area contributed by atoms with Gasteiger partial charge in [-0.2, -0.15) is 4.80 Å². The van der Waals surface area contributed by atoms with Crippen molar-refractivity contribution >= 4 is 19.1 Å². The fourth-order valence-electron chi connectivity index (χ4n) is 3.15. The van der Waals surface area contributed by atoms with Crippen molar-refractivity contribution in [1.29, 1.82) is 0 Å². The number of rotatable bonds is 7. The van der Waals surface area contributed by atoms with Crippen LogP contribution in [-0.2, 0) is 20.4 Å². The van der Waals surface area contributed by atoms with Gasteiger partial charge in [0.2, 0.25) is 5.82 Å². The smallest absolute Gasteiger partial charge is 0.414 e. The van der Waals surface area contributed by atoms with E-state index < -0.39 is 25.4 Å². The SMILES string of the molecule is CCn1nnc(-c2ccc(-c3ccc(N4CC(COP(C)(C)=O)OC4=O)cc3F)cn2)n1. The molecule has 1 aromatic carbocycles. The molecule has 1 aliphatic heterocycles. The Bertz CT molecular complexity index is 1180. The molecule has 12 heteroatoms. The number of ether oxygens (including phenoxy) is 1. The van der Waals surface area contributed by atoms with Crippen LogP contribution in [0.25, 0.3) is 22.6 Å². The van der Waals surface area contributed by atoms with E-state index in [0.717, 1.165) is 0 Å². The first-order chi connectivity index (χ1) is 15.2. The number of aromatic nitrogens is 5. The summed E-state index contributed by atoms with van der Waals surface area (Å²) in [5, 5.41) is 12.0. The Hall–Kier alpha value is -3.17. The molecule has 2 aromatic heterocycles. The molecule has 0 saturated carbocycles. The van der Waals surface area contributed by atoms with Crippen molar-refractivity contribution in [2.45, 2.75) is 19.6 Å². The summed E-state index contributed by atoms with van der Waals surface area (Å²) in [5.41, 5.74) is 1.79. The number of carbonyl (C=O) groups excluding carboxylic acids is 1. The first kappa shape index (κ1) is 22.0. The van der Waals surface area contributed by atoms with Crippen LogP contribution in [-0.4, -0.2) is 63.9 Å². The molecule has 0 spiro atoms. The lowest BCUT2D eigenvalue weighted by Gasteiger charge is -2.15. The van der Waals surface area contributed by atoms with Crippen molar-refractivity contribution in [3.8, 4) is 22.6 Å². The Morgan fingerprint density at radius 1 is 1.28 bits per heavy atom. The minimum atomic E-state index is -2.69. The summed E-state index contributed by atoms with van der Waals surface area (Å²) in [6.07, 6.45) is 0.353. The zero-order chi connectivity index (χ0) is 22.9. The predicted octanol–water partition coefficient (Wildman–Crippen LogP) is 3.44.